The molecule has 64 valence electrons. The first-order valence-corrected chi connectivity index (χ1v) is 3.57. The first-order chi connectivity index (χ1) is 5.46. The lowest BCUT2D eigenvalue weighted by Gasteiger charge is -2.07. The highest BCUT2D eigenvalue weighted by atomic mass is 19.2. The van der Waals surface area contributed by atoms with Gasteiger partial charge in [-0.1, -0.05) is 0 Å². The molecule has 0 aromatic heterocycles. The number of benzene rings is 1. The third-order valence-electron chi connectivity index (χ3n) is 2.07. The van der Waals surface area contributed by atoms with E-state index >= 15 is 0 Å². The summed E-state index contributed by atoms with van der Waals surface area (Å²) in [5.41, 5.74) is -0.0439. The average molecular weight is 172 g/mol. The summed E-state index contributed by atoms with van der Waals surface area (Å²) in [6.45, 7) is 2.65. The molecule has 1 aromatic carbocycles. The summed E-state index contributed by atoms with van der Waals surface area (Å²) in [6, 6.07) is 0. The zero-order valence-electron chi connectivity index (χ0n) is 7.13. The summed E-state index contributed by atoms with van der Waals surface area (Å²) in [5.74, 6) is -2.70. The number of hydrogen-bond donors (Lipinski definition) is 0. The summed E-state index contributed by atoms with van der Waals surface area (Å²) in [7, 11) is 1.36. The van der Waals surface area contributed by atoms with Crippen LogP contribution in [-0.4, -0.2) is 7.85 Å². The Labute approximate surface area is 69.8 Å². The fourth-order valence-electron chi connectivity index (χ4n) is 1.04. The normalized spacial score (nSPS) is 10.4. The predicted octanol–water partition coefficient (Wildman–Crippen LogP) is 0.979. The maximum Gasteiger partial charge on any atom is 0.164 e. The summed E-state index contributed by atoms with van der Waals surface area (Å²) < 4.78 is 38.7. The minimum absolute atomic E-state index is 0.0376. The van der Waals surface area contributed by atoms with Crippen molar-refractivity contribution in [3.8, 4) is 0 Å². The average Bonchev–Trinajstić information content (AvgIpc) is 2.08. The summed E-state index contributed by atoms with van der Waals surface area (Å²) >= 11 is 0. The largest absolute Gasteiger partial charge is 0.206 e. The third kappa shape index (κ3) is 1.11. The summed E-state index contributed by atoms with van der Waals surface area (Å²) in [5, 5.41) is 0. The first-order valence-electron chi connectivity index (χ1n) is 3.57. The highest BCUT2D eigenvalue weighted by molar-refractivity contribution is 6.33. The molecule has 0 nitrogen and oxygen atoms in total. The minimum atomic E-state index is -1.09. The Morgan fingerprint density at radius 2 is 1.33 bits per heavy atom. The topological polar surface area (TPSA) is 0 Å². The molecule has 0 saturated carbocycles. The van der Waals surface area contributed by atoms with Crippen LogP contribution in [0, 0.1) is 31.3 Å². The Morgan fingerprint density at radius 1 is 0.833 bits per heavy atom. The van der Waals surface area contributed by atoms with E-state index in [-0.39, 0.29) is 16.6 Å². The van der Waals surface area contributed by atoms with Crippen molar-refractivity contribution in [3.63, 3.8) is 0 Å². The van der Waals surface area contributed by atoms with Gasteiger partial charge in [0, 0.05) is 5.56 Å². The van der Waals surface area contributed by atoms with Crippen molar-refractivity contribution in [2.24, 2.45) is 0 Å². The molecule has 0 aliphatic heterocycles. The SMILES string of the molecule is Bc1c(C)c(F)c(C)c(F)c1F. The van der Waals surface area contributed by atoms with Crippen LogP contribution in [0.2, 0.25) is 0 Å². The standard InChI is InChI=1S/C8H8BF3/c1-3-5(9)8(12)7(11)4(2)6(3)10/h9H2,1-2H3. The minimum Gasteiger partial charge on any atom is -0.206 e. The Bertz CT molecular complexity index is 229. The van der Waals surface area contributed by atoms with E-state index in [1.165, 1.54) is 21.7 Å². The second-order valence-corrected chi connectivity index (χ2v) is 2.82. The quantitative estimate of drug-likeness (QED) is 0.404. The molecule has 0 heterocycles. The zero-order chi connectivity index (χ0) is 9.46. The van der Waals surface area contributed by atoms with E-state index in [2.05, 4.69) is 0 Å². The maximum atomic E-state index is 13.0. The Hall–Kier alpha value is -0.925. The molecule has 0 aliphatic rings. The van der Waals surface area contributed by atoms with Gasteiger partial charge in [0.25, 0.3) is 0 Å². The third-order valence-corrected chi connectivity index (χ3v) is 2.07. The van der Waals surface area contributed by atoms with Gasteiger partial charge in [-0.2, -0.15) is 0 Å². The zero-order valence-corrected chi connectivity index (χ0v) is 7.13. The highest BCUT2D eigenvalue weighted by Gasteiger charge is 2.16. The molecular formula is C8H8BF3. The van der Waals surface area contributed by atoms with E-state index in [1.54, 1.807) is 0 Å². The Morgan fingerprint density at radius 3 is 1.83 bits per heavy atom. The molecule has 0 bridgehead atoms. The van der Waals surface area contributed by atoms with Gasteiger partial charge in [0.2, 0.25) is 0 Å². The van der Waals surface area contributed by atoms with E-state index in [1.807, 2.05) is 0 Å². The van der Waals surface area contributed by atoms with Gasteiger partial charge in [-0.05, 0) is 24.9 Å². The van der Waals surface area contributed by atoms with Crippen molar-refractivity contribution in [2.45, 2.75) is 13.8 Å². The van der Waals surface area contributed by atoms with Gasteiger partial charge in [-0.25, -0.2) is 13.2 Å². The van der Waals surface area contributed by atoms with E-state index in [4.69, 9.17) is 0 Å². The highest BCUT2D eigenvalue weighted by Crippen LogP contribution is 2.15. The van der Waals surface area contributed by atoms with Crippen LogP contribution in [0.3, 0.4) is 0 Å². The lowest BCUT2D eigenvalue weighted by molar-refractivity contribution is 0.489. The number of hydrogen-bond acceptors (Lipinski definition) is 0. The van der Waals surface area contributed by atoms with Crippen molar-refractivity contribution >= 4 is 13.3 Å². The van der Waals surface area contributed by atoms with Crippen molar-refractivity contribution in [1.29, 1.82) is 0 Å². The Balaban J connectivity index is 3.60. The smallest absolute Gasteiger partial charge is 0.164 e. The summed E-state index contributed by atoms with van der Waals surface area (Å²) in [4.78, 5) is 0. The van der Waals surface area contributed by atoms with E-state index in [0.717, 1.165) is 0 Å². The predicted molar refractivity (Wildman–Crippen MR) is 44.0 cm³/mol. The van der Waals surface area contributed by atoms with Crippen LogP contribution in [-0.2, 0) is 0 Å². The lowest BCUT2D eigenvalue weighted by atomic mass is 9.88. The molecule has 12 heavy (non-hydrogen) atoms. The number of halogens is 3. The number of rotatable bonds is 0. The maximum absolute atomic E-state index is 13.0. The van der Waals surface area contributed by atoms with Crippen molar-refractivity contribution in [2.75, 3.05) is 0 Å². The van der Waals surface area contributed by atoms with Gasteiger partial charge in [0.15, 0.2) is 11.6 Å². The van der Waals surface area contributed by atoms with Crippen molar-refractivity contribution in [3.05, 3.63) is 28.6 Å². The van der Waals surface area contributed by atoms with E-state index in [9.17, 15) is 13.2 Å². The Kier molecular flexibility index (Phi) is 2.17. The monoisotopic (exact) mass is 172 g/mol. The first kappa shape index (κ1) is 9.17. The molecule has 1 aromatic rings. The van der Waals surface area contributed by atoms with Crippen LogP contribution >= 0.6 is 0 Å². The molecule has 0 aliphatic carbocycles. The van der Waals surface area contributed by atoms with Crippen LogP contribution < -0.4 is 5.46 Å². The molecule has 0 atom stereocenters. The van der Waals surface area contributed by atoms with Gasteiger partial charge in [-0.3, -0.25) is 0 Å². The molecule has 0 radical (unpaired) electrons. The molecule has 0 fully saturated rings. The molecule has 0 saturated heterocycles. The summed E-state index contributed by atoms with van der Waals surface area (Å²) in [6.07, 6.45) is 0. The second kappa shape index (κ2) is 2.85. The fourth-order valence-corrected chi connectivity index (χ4v) is 1.04. The van der Waals surface area contributed by atoms with Gasteiger partial charge in [-0.15, -0.1) is 0 Å². The molecule has 0 N–H and O–H groups in total. The molecule has 4 heteroatoms. The van der Waals surface area contributed by atoms with Gasteiger partial charge in [0.05, 0.1) is 0 Å². The molecule has 0 unspecified atom stereocenters. The van der Waals surface area contributed by atoms with E-state index in [0.29, 0.717) is 0 Å². The molecule has 0 spiro atoms. The van der Waals surface area contributed by atoms with E-state index < -0.39 is 17.5 Å². The lowest BCUT2D eigenvalue weighted by Crippen LogP contribution is -2.18. The molecular weight excluding hydrogens is 164 g/mol. The van der Waals surface area contributed by atoms with Crippen LogP contribution in [0.25, 0.3) is 0 Å². The van der Waals surface area contributed by atoms with Gasteiger partial charge in [0.1, 0.15) is 13.7 Å². The fraction of sp³-hybridized carbons (Fsp3) is 0.250. The van der Waals surface area contributed by atoms with Crippen LogP contribution in [0.1, 0.15) is 11.1 Å². The molecule has 0 amide bonds. The molecule has 1 rings (SSSR count). The van der Waals surface area contributed by atoms with Crippen molar-refractivity contribution < 1.29 is 13.2 Å². The van der Waals surface area contributed by atoms with Crippen LogP contribution in [0.4, 0.5) is 13.2 Å². The van der Waals surface area contributed by atoms with Gasteiger partial charge >= 0.3 is 0 Å². The van der Waals surface area contributed by atoms with Crippen LogP contribution in [0.5, 0.6) is 0 Å². The van der Waals surface area contributed by atoms with Crippen molar-refractivity contribution in [1.82, 2.24) is 0 Å². The van der Waals surface area contributed by atoms with Gasteiger partial charge < -0.3 is 0 Å². The second-order valence-electron chi connectivity index (χ2n) is 2.82. The van der Waals surface area contributed by atoms with Crippen LogP contribution in [0.15, 0.2) is 0 Å².